The van der Waals surface area contributed by atoms with Gasteiger partial charge in [-0.05, 0) is 54.3 Å². The summed E-state index contributed by atoms with van der Waals surface area (Å²) in [6, 6.07) is 4.30. The molecule has 0 atom stereocenters. The van der Waals surface area contributed by atoms with E-state index in [1.165, 1.54) is 11.1 Å². The van der Waals surface area contributed by atoms with Crippen molar-refractivity contribution in [2.75, 3.05) is 0 Å². The molecule has 2 nitrogen and oxygen atoms in total. The fraction of sp³-hybridized carbons (Fsp3) is 0.684. The lowest BCUT2D eigenvalue weighted by molar-refractivity contribution is 0.273. The molecule has 0 bridgehead atoms. The molecule has 0 aromatic heterocycles. The van der Waals surface area contributed by atoms with Gasteiger partial charge in [-0.25, -0.2) is 0 Å². The van der Waals surface area contributed by atoms with Crippen molar-refractivity contribution in [3.63, 3.8) is 0 Å². The van der Waals surface area contributed by atoms with Gasteiger partial charge in [0.1, 0.15) is 5.75 Å². The van der Waals surface area contributed by atoms with Gasteiger partial charge in [0.2, 0.25) is 0 Å². The van der Waals surface area contributed by atoms with Crippen LogP contribution in [0.2, 0.25) is 31.2 Å². The molecule has 0 unspecified atom stereocenters. The lowest BCUT2D eigenvalue weighted by atomic mass is 9.83. The lowest BCUT2D eigenvalue weighted by Crippen LogP contribution is -2.40. The molecule has 24 heavy (non-hydrogen) atoms. The Labute approximate surface area is 160 Å². The van der Waals surface area contributed by atoms with Crippen molar-refractivity contribution in [2.45, 2.75) is 84.8 Å². The van der Waals surface area contributed by atoms with Crippen LogP contribution < -0.4 is 4.43 Å². The Morgan fingerprint density at radius 3 is 2.00 bits per heavy atom. The van der Waals surface area contributed by atoms with Crippen LogP contribution in [0.25, 0.3) is 0 Å². The van der Waals surface area contributed by atoms with Crippen LogP contribution in [0, 0.1) is 0 Å². The maximum Gasteiger partial charge on any atom is 0.274 e. The molecule has 0 aliphatic rings. The van der Waals surface area contributed by atoms with Gasteiger partial charge < -0.3 is 8.85 Å². The number of rotatable bonds is 5. The van der Waals surface area contributed by atoms with E-state index in [0.717, 1.165) is 10.2 Å². The molecule has 0 aliphatic carbocycles. The van der Waals surface area contributed by atoms with Gasteiger partial charge in [-0.1, -0.05) is 57.5 Å². The summed E-state index contributed by atoms with van der Waals surface area (Å²) >= 11 is 3.65. The zero-order valence-electron chi connectivity index (χ0n) is 17.1. The van der Waals surface area contributed by atoms with E-state index >= 15 is 0 Å². The minimum atomic E-state index is -1.79. The number of halogens is 1. The Kier molecular flexibility index (Phi) is 6.98. The molecule has 1 aromatic rings. The molecule has 0 fully saturated rings. The van der Waals surface area contributed by atoms with Gasteiger partial charge in [-0.15, -0.1) is 0 Å². The van der Waals surface area contributed by atoms with Crippen LogP contribution >= 0.6 is 15.9 Å². The van der Waals surface area contributed by atoms with Crippen LogP contribution in [0.5, 0.6) is 5.75 Å². The van der Waals surface area contributed by atoms with Crippen molar-refractivity contribution >= 4 is 33.3 Å². The first-order chi connectivity index (χ1) is 10.6. The summed E-state index contributed by atoms with van der Waals surface area (Å²) < 4.78 is 13.8. The SMILES string of the molecule is C[Si](C)Oc1cc(Br)cc(CO[Si](C)(C)C(C)(C)C)c1C(C)(C)C. The third-order valence-electron chi connectivity index (χ3n) is 4.61. The first-order valence-corrected chi connectivity index (χ1v) is 14.7. The highest BCUT2D eigenvalue weighted by Gasteiger charge is 2.37. The van der Waals surface area contributed by atoms with Gasteiger partial charge in [0.05, 0.1) is 6.61 Å². The lowest BCUT2D eigenvalue weighted by Gasteiger charge is -2.37. The standard InChI is InChI=1S/C19H34BrO2Si2/c1-18(2,3)17-14(13-21-24(9,10)19(4,5)6)11-15(20)12-16(17)22-23(7)8/h11-12H,13H2,1-10H3. The van der Waals surface area contributed by atoms with E-state index in [4.69, 9.17) is 8.85 Å². The molecule has 1 radical (unpaired) electrons. The highest BCUT2D eigenvalue weighted by Crippen LogP contribution is 2.40. The summed E-state index contributed by atoms with van der Waals surface area (Å²) in [5, 5.41) is 0.212. The van der Waals surface area contributed by atoms with Gasteiger partial charge in [-0.2, -0.15) is 0 Å². The van der Waals surface area contributed by atoms with Gasteiger partial charge in [-0.3, -0.25) is 0 Å². The molecule has 1 aromatic carbocycles. The molecule has 0 heterocycles. The van der Waals surface area contributed by atoms with Crippen LogP contribution in [0.3, 0.4) is 0 Å². The summed E-state index contributed by atoms with van der Waals surface area (Å²) in [6.45, 7) is 23.2. The summed E-state index contributed by atoms with van der Waals surface area (Å²) in [4.78, 5) is 0. The van der Waals surface area contributed by atoms with Gasteiger partial charge >= 0.3 is 0 Å². The van der Waals surface area contributed by atoms with Crippen molar-refractivity contribution in [1.82, 2.24) is 0 Å². The van der Waals surface area contributed by atoms with E-state index < -0.39 is 17.4 Å². The number of hydrogen-bond acceptors (Lipinski definition) is 2. The van der Waals surface area contributed by atoms with Crippen molar-refractivity contribution < 1.29 is 8.85 Å². The van der Waals surface area contributed by atoms with Crippen molar-refractivity contribution in [2.24, 2.45) is 0 Å². The van der Waals surface area contributed by atoms with Crippen LogP contribution in [0.15, 0.2) is 16.6 Å². The summed E-state index contributed by atoms with van der Waals surface area (Å²) in [5.41, 5.74) is 2.52. The number of hydrogen-bond donors (Lipinski definition) is 0. The van der Waals surface area contributed by atoms with Crippen LogP contribution in [0.1, 0.15) is 52.7 Å². The second-order valence-corrected chi connectivity index (χ2v) is 17.0. The zero-order valence-corrected chi connectivity index (χ0v) is 20.6. The average Bonchev–Trinajstić information content (AvgIpc) is 2.31. The molecule has 0 amide bonds. The van der Waals surface area contributed by atoms with E-state index in [-0.39, 0.29) is 10.5 Å². The monoisotopic (exact) mass is 429 g/mol. The quantitative estimate of drug-likeness (QED) is 0.473. The van der Waals surface area contributed by atoms with Crippen LogP contribution in [0.4, 0.5) is 0 Å². The van der Waals surface area contributed by atoms with E-state index in [1.807, 2.05) is 0 Å². The minimum absolute atomic E-state index is 0.0134. The average molecular weight is 431 g/mol. The Morgan fingerprint density at radius 2 is 1.58 bits per heavy atom. The van der Waals surface area contributed by atoms with E-state index in [1.54, 1.807) is 0 Å². The molecule has 1 rings (SSSR count). The van der Waals surface area contributed by atoms with E-state index in [2.05, 4.69) is 95.8 Å². The van der Waals surface area contributed by atoms with E-state index in [9.17, 15) is 0 Å². The fourth-order valence-corrected chi connectivity index (χ4v) is 4.41. The normalized spacial score (nSPS) is 13.5. The Hall–Kier alpha value is -0.106. The Morgan fingerprint density at radius 1 is 1.04 bits per heavy atom. The summed E-state index contributed by atoms with van der Waals surface area (Å²) in [5.74, 6) is 1.00. The van der Waals surface area contributed by atoms with E-state index in [0.29, 0.717) is 6.61 Å². The highest BCUT2D eigenvalue weighted by molar-refractivity contribution is 9.10. The third-order valence-corrected chi connectivity index (χ3v) is 10.2. The molecule has 5 heteroatoms. The topological polar surface area (TPSA) is 18.5 Å². The Bertz CT molecular complexity index is 570. The summed E-state index contributed by atoms with van der Waals surface area (Å²) in [6.07, 6.45) is 0. The third kappa shape index (κ3) is 5.72. The zero-order chi connectivity index (χ0) is 18.9. The van der Waals surface area contributed by atoms with Crippen molar-refractivity contribution in [1.29, 1.82) is 0 Å². The molecule has 137 valence electrons. The van der Waals surface area contributed by atoms with Gasteiger partial charge in [0, 0.05) is 10.0 Å². The molecule has 0 saturated heterocycles. The van der Waals surface area contributed by atoms with Crippen LogP contribution in [-0.4, -0.2) is 17.4 Å². The smallest absolute Gasteiger partial charge is 0.274 e. The molecule has 0 spiro atoms. The molecular weight excluding hydrogens is 396 g/mol. The predicted octanol–water partition coefficient (Wildman–Crippen LogP) is 6.90. The van der Waals surface area contributed by atoms with Crippen molar-refractivity contribution in [3.05, 3.63) is 27.7 Å². The maximum atomic E-state index is 6.50. The molecular formula is C19H34BrO2Si2. The first kappa shape index (κ1) is 21.9. The van der Waals surface area contributed by atoms with Crippen LogP contribution in [-0.2, 0) is 16.4 Å². The van der Waals surface area contributed by atoms with Gasteiger partial charge in [0.25, 0.3) is 9.04 Å². The number of benzene rings is 1. The largest absolute Gasteiger partial charge is 0.542 e. The molecule has 0 aliphatic heterocycles. The van der Waals surface area contributed by atoms with Gasteiger partial charge in [0.15, 0.2) is 8.32 Å². The fourth-order valence-electron chi connectivity index (χ4n) is 2.38. The second kappa shape index (κ2) is 7.64. The maximum absolute atomic E-state index is 6.50. The molecule has 0 saturated carbocycles. The predicted molar refractivity (Wildman–Crippen MR) is 113 cm³/mol. The summed E-state index contributed by atoms with van der Waals surface area (Å²) in [7, 11) is -2.61. The Balaban J connectivity index is 3.29. The highest BCUT2D eigenvalue weighted by atomic mass is 79.9. The second-order valence-electron chi connectivity index (χ2n) is 9.25. The first-order valence-electron chi connectivity index (χ1n) is 8.60. The minimum Gasteiger partial charge on any atom is -0.542 e. The van der Waals surface area contributed by atoms with Crippen molar-refractivity contribution in [3.8, 4) is 5.75 Å². The molecule has 0 N–H and O–H groups in total.